The SMILES string of the molecule is C=C(C)C1=CCOC1CC/C(=C/c1ccc(O)cc1Cl)c1ccccn1. The largest absolute Gasteiger partial charge is 0.508 e. The first-order valence-electron chi connectivity index (χ1n) is 8.62. The zero-order valence-electron chi connectivity index (χ0n) is 14.8. The van der Waals surface area contributed by atoms with Gasteiger partial charge in [0, 0.05) is 6.20 Å². The maximum Gasteiger partial charge on any atom is 0.117 e. The lowest BCUT2D eigenvalue weighted by Gasteiger charge is -2.16. The minimum Gasteiger partial charge on any atom is -0.508 e. The smallest absolute Gasteiger partial charge is 0.117 e. The molecule has 4 heteroatoms. The number of aromatic hydroxyl groups is 1. The van der Waals surface area contributed by atoms with Gasteiger partial charge in [0.05, 0.1) is 23.4 Å². The standard InChI is InChI=1S/C22H22ClNO2/c1-15(2)19-10-12-26-22(19)9-7-17(21-5-3-4-11-24-21)13-16-6-8-18(25)14-20(16)23/h3-6,8,10-11,13-14,22,25H,1,7,9,12H2,2H3/b17-13-. The van der Waals surface area contributed by atoms with E-state index in [1.54, 1.807) is 18.3 Å². The summed E-state index contributed by atoms with van der Waals surface area (Å²) in [6.45, 7) is 6.70. The Morgan fingerprint density at radius 1 is 1.38 bits per heavy atom. The molecule has 1 aromatic carbocycles. The van der Waals surface area contributed by atoms with Crippen molar-refractivity contribution in [2.45, 2.75) is 25.9 Å². The van der Waals surface area contributed by atoms with Crippen LogP contribution in [0.3, 0.4) is 0 Å². The van der Waals surface area contributed by atoms with Crippen molar-refractivity contribution in [3.8, 4) is 5.75 Å². The monoisotopic (exact) mass is 367 g/mol. The third kappa shape index (κ3) is 4.43. The topological polar surface area (TPSA) is 42.4 Å². The molecule has 1 N–H and O–H groups in total. The van der Waals surface area contributed by atoms with Gasteiger partial charge >= 0.3 is 0 Å². The van der Waals surface area contributed by atoms with Crippen molar-refractivity contribution in [1.29, 1.82) is 0 Å². The van der Waals surface area contributed by atoms with Crippen LogP contribution in [0.15, 0.2) is 66.4 Å². The van der Waals surface area contributed by atoms with Gasteiger partial charge in [-0.25, -0.2) is 0 Å². The highest BCUT2D eigenvalue weighted by atomic mass is 35.5. The van der Waals surface area contributed by atoms with E-state index in [2.05, 4.69) is 17.6 Å². The van der Waals surface area contributed by atoms with Crippen LogP contribution in [-0.4, -0.2) is 22.8 Å². The molecule has 1 aromatic heterocycles. The highest BCUT2D eigenvalue weighted by Crippen LogP contribution is 2.31. The van der Waals surface area contributed by atoms with Crippen LogP contribution in [0.2, 0.25) is 5.02 Å². The van der Waals surface area contributed by atoms with Crippen molar-refractivity contribution in [3.63, 3.8) is 0 Å². The number of rotatable bonds is 6. The lowest BCUT2D eigenvalue weighted by atomic mass is 9.95. The predicted molar refractivity (Wildman–Crippen MR) is 107 cm³/mol. The Morgan fingerprint density at radius 3 is 2.92 bits per heavy atom. The molecule has 3 nitrogen and oxygen atoms in total. The summed E-state index contributed by atoms with van der Waals surface area (Å²) in [5.74, 6) is 0.155. The number of allylic oxidation sites excluding steroid dienone is 1. The first kappa shape index (κ1) is 18.4. The highest BCUT2D eigenvalue weighted by Gasteiger charge is 2.21. The molecule has 1 unspecified atom stereocenters. The molecule has 0 amide bonds. The Morgan fingerprint density at radius 2 is 2.23 bits per heavy atom. The van der Waals surface area contributed by atoms with Gasteiger partial charge in [-0.05, 0) is 72.9 Å². The Balaban J connectivity index is 1.86. The van der Waals surface area contributed by atoms with Crippen LogP contribution in [0.4, 0.5) is 0 Å². The van der Waals surface area contributed by atoms with Gasteiger partial charge in [0.2, 0.25) is 0 Å². The number of phenols is 1. The van der Waals surface area contributed by atoms with Crippen molar-refractivity contribution in [3.05, 3.63) is 82.7 Å². The molecule has 0 fully saturated rings. The number of hydrogen-bond acceptors (Lipinski definition) is 3. The van der Waals surface area contributed by atoms with Gasteiger partial charge in [-0.1, -0.05) is 35.9 Å². The second-order valence-corrected chi connectivity index (χ2v) is 6.80. The van der Waals surface area contributed by atoms with E-state index >= 15 is 0 Å². The summed E-state index contributed by atoms with van der Waals surface area (Å²) >= 11 is 6.28. The molecule has 3 rings (SSSR count). The van der Waals surface area contributed by atoms with Crippen molar-refractivity contribution < 1.29 is 9.84 Å². The fraction of sp³-hybridized carbons (Fsp3) is 0.227. The quantitative estimate of drug-likeness (QED) is 0.716. The molecule has 134 valence electrons. The summed E-state index contributed by atoms with van der Waals surface area (Å²) in [6.07, 6.45) is 7.62. The van der Waals surface area contributed by atoms with E-state index in [1.165, 1.54) is 5.57 Å². The van der Waals surface area contributed by atoms with Gasteiger partial charge in [0.15, 0.2) is 0 Å². The molecule has 2 aromatic rings. The highest BCUT2D eigenvalue weighted by molar-refractivity contribution is 6.32. The third-order valence-electron chi connectivity index (χ3n) is 4.42. The number of nitrogens with zero attached hydrogens (tertiary/aromatic N) is 1. The number of phenolic OH excluding ortho intramolecular Hbond substituents is 1. The van der Waals surface area contributed by atoms with E-state index in [0.29, 0.717) is 11.6 Å². The molecule has 26 heavy (non-hydrogen) atoms. The molecule has 1 atom stereocenters. The van der Waals surface area contributed by atoms with E-state index in [0.717, 1.165) is 35.2 Å². The summed E-state index contributed by atoms with van der Waals surface area (Å²) < 4.78 is 5.84. The summed E-state index contributed by atoms with van der Waals surface area (Å²) in [7, 11) is 0. The molecule has 1 aliphatic rings. The van der Waals surface area contributed by atoms with Crippen LogP contribution in [0.25, 0.3) is 11.6 Å². The van der Waals surface area contributed by atoms with E-state index in [9.17, 15) is 5.11 Å². The minimum absolute atomic E-state index is 0.0647. The zero-order valence-corrected chi connectivity index (χ0v) is 15.5. The fourth-order valence-electron chi connectivity index (χ4n) is 3.10. The first-order valence-corrected chi connectivity index (χ1v) is 9.00. The van der Waals surface area contributed by atoms with Crippen molar-refractivity contribution >= 4 is 23.3 Å². The van der Waals surface area contributed by atoms with Crippen LogP contribution in [0, 0.1) is 0 Å². The van der Waals surface area contributed by atoms with Crippen LogP contribution in [-0.2, 0) is 4.74 Å². The summed E-state index contributed by atoms with van der Waals surface area (Å²) in [4.78, 5) is 4.49. The normalized spacial score (nSPS) is 17.2. The summed E-state index contributed by atoms with van der Waals surface area (Å²) in [5.41, 5.74) is 5.09. The Bertz CT molecular complexity index is 856. The molecule has 0 saturated carbocycles. The number of hydrogen-bond donors (Lipinski definition) is 1. The van der Waals surface area contributed by atoms with Crippen LogP contribution < -0.4 is 0 Å². The Hall–Kier alpha value is -2.36. The van der Waals surface area contributed by atoms with Gasteiger partial charge in [-0.15, -0.1) is 0 Å². The van der Waals surface area contributed by atoms with Crippen molar-refractivity contribution in [2.75, 3.05) is 6.61 Å². The molecule has 0 saturated heterocycles. The molecule has 0 radical (unpaired) electrons. The van der Waals surface area contributed by atoms with Gasteiger partial charge in [0.1, 0.15) is 5.75 Å². The maximum atomic E-state index is 9.57. The van der Waals surface area contributed by atoms with Gasteiger partial charge in [-0.3, -0.25) is 4.98 Å². The number of ether oxygens (including phenoxy) is 1. The van der Waals surface area contributed by atoms with E-state index in [4.69, 9.17) is 16.3 Å². The number of pyridine rings is 1. The van der Waals surface area contributed by atoms with Gasteiger partial charge in [-0.2, -0.15) is 0 Å². The number of benzene rings is 1. The number of halogens is 1. The molecule has 0 spiro atoms. The molecular weight excluding hydrogens is 346 g/mol. The molecule has 2 heterocycles. The lowest BCUT2D eigenvalue weighted by molar-refractivity contribution is 0.117. The zero-order chi connectivity index (χ0) is 18.5. The second-order valence-electron chi connectivity index (χ2n) is 6.39. The van der Waals surface area contributed by atoms with Crippen LogP contribution in [0.1, 0.15) is 31.0 Å². The average Bonchev–Trinajstić information content (AvgIpc) is 3.10. The van der Waals surface area contributed by atoms with Crippen molar-refractivity contribution in [1.82, 2.24) is 4.98 Å². The Kier molecular flexibility index (Phi) is 5.92. The van der Waals surface area contributed by atoms with Gasteiger partial charge in [0.25, 0.3) is 0 Å². The summed E-state index contributed by atoms with van der Waals surface area (Å²) in [6, 6.07) is 10.9. The maximum absolute atomic E-state index is 9.57. The molecule has 1 aliphatic heterocycles. The molecule has 0 aliphatic carbocycles. The summed E-state index contributed by atoms with van der Waals surface area (Å²) in [5, 5.41) is 10.1. The Labute approximate surface area is 159 Å². The number of aromatic nitrogens is 1. The lowest BCUT2D eigenvalue weighted by Crippen LogP contribution is -2.11. The van der Waals surface area contributed by atoms with E-state index in [1.807, 2.05) is 37.3 Å². The minimum atomic E-state index is 0.0647. The van der Waals surface area contributed by atoms with Crippen LogP contribution in [0.5, 0.6) is 5.75 Å². The van der Waals surface area contributed by atoms with E-state index < -0.39 is 0 Å². The average molecular weight is 368 g/mol. The van der Waals surface area contributed by atoms with E-state index in [-0.39, 0.29) is 11.9 Å². The third-order valence-corrected chi connectivity index (χ3v) is 4.75. The molecule has 0 bridgehead atoms. The first-order chi connectivity index (χ1) is 12.5. The fourth-order valence-corrected chi connectivity index (χ4v) is 3.33. The van der Waals surface area contributed by atoms with Crippen molar-refractivity contribution in [2.24, 2.45) is 0 Å². The second kappa shape index (κ2) is 8.35. The molecular formula is C22H22ClNO2. The van der Waals surface area contributed by atoms with Crippen LogP contribution >= 0.6 is 11.6 Å². The van der Waals surface area contributed by atoms with Gasteiger partial charge < -0.3 is 9.84 Å². The predicted octanol–water partition coefficient (Wildman–Crippen LogP) is 5.66.